The van der Waals surface area contributed by atoms with E-state index < -0.39 is 9.84 Å². The molecular weight excluding hydrogens is 450 g/mol. The Morgan fingerprint density at radius 3 is 2.59 bits per heavy atom. The second kappa shape index (κ2) is 9.75. The first-order chi connectivity index (χ1) is 15.0. The van der Waals surface area contributed by atoms with Crippen LogP contribution in [-0.4, -0.2) is 42.7 Å². The van der Waals surface area contributed by atoms with Gasteiger partial charge in [0.05, 0.1) is 23.6 Å². The fraction of sp³-hybridized carbons (Fsp3) is 0.304. The lowest BCUT2D eigenvalue weighted by Gasteiger charge is -2.10. The number of aromatic nitrogens is 2. The van der Waals surface area contributed by atoms with Crippen molar-refractivity contribution in [2.45, 2.75) is 27.2 Å². The zero-order valence-electron chi connectivity index (χ0n) is 18.5. The highest BCUT2D eigenvalue weighted by atomic mass is 35.5. The normalized spacial score (nSPS) is 11.4. The van der Waals surface area contributed by atoms with Crippen LogP contribution in [0.5, 0.6) is 5.75 Å². The molecule has 0 aliphatic rings. The SMILES string of the molecule is Cc1ccc(-n2nc(C)c(CC(=O)Nc3cccc(OCCS(C)(=O)=O)c3)c2C)cc1Cl. The second-order valence-corrected chi connectivity index (χ2v) is 10.4. The van der Waals surface area contributed by atoms with Crippen molar-refractivity contribution in [2.24, 2.45) is 0 Å². The van der Waals surface area contributed by atoms with Crippen LogP contribution in [0.2, 0.25) is 5.02 Å². The molecule has 0 saturated carbocycles. The molecule has 2 aromatic carbocycles. The Hall–Kier alpha value is -2.84. The third kappa shape index (κ3) is 6.11. The van der Waals surface area contributed by atoms with E-state index in [9.17, 15) is 13.2 Å². The first kappa shape index (κ1) is 23.8. The second-order valence-electron chi connectivity index (χ2n) is 7.73. The van der Waals surface area contributed by atoms with Gasteiger partial charge in [0.1, 0.15) is 12.4 Å². The smallest absolute Gasteiger partial charge is 0.228 e. The van der Waals surface area contributed by atoms with E-state index >= 15 is 0 Å². The summed E-state index contributed by atoms with van der Waals surface area (Å²) >= 11 is 6.26. The van der Waals surface area contributed by atoms with Crippen molar-refractivity contribution >= 4 is 33.0 Å². The number of anilines is 1. The van der Waals surface area contributed by atoms with E-state index in [4.69, 9.17) is 16.3 Å². The van der Waals surface area contributed by atoms with Crippen LogP contribution in [0.3, 0.4) is 0 Å². The Bertz CT molecular complexity index is 1250. The average molecular weight is 476 g/mol. The van der Waals surface area contributed by atoms with Crippen LogP contribution >= 0.6 is 11.6 Å². The molecule has 9 heteroatoms. The predicted octanol–water partition coefficient (Wildman–Crippen LogP) is 4.06. The summed E-state index contributed by atoms with van der Waals surface area (Å²) in [7, 11) is -3.10. The number of carbonyl (C=O) groups is 1. The zero-order chi connectivity index (χ0) is 23.5. The average Bonchev–Trinajstić information content (AvgIpc) is 2.97. The Balaban J connectivity index is 1.70. The van der Waals surface area contributed by atoms with Crippen molar-refractivity contribution < 1.29 is 17.9 Å². The number of ether oxygens (including phenoxy) is 1. The third-order valence-electron chi connectivity index (χ3n) is 5.02. The monoisotopic (exact) mass is 475 g/mol. The van der Waals surface area contributed by atoms with E-state index in [0.29, 0.717) is 16.5 Å². The summed E-state index contributed by atoms with van der Waals surface area (Å²) in [4.78, 5) is 12.7. The van der Waals surface area contributed by atoms with Crippen LogP contribution in [0.25, 0.3) is 5.69 Å². The van der Waals surface area contributed by atoms with Crippen molar-refractivity contribution in [3.63, 3.8) is 0 Å². The van der Waals surface area contributed by atoms with Crippen LogP contribution in [0, 0.1) is 20.8 Å². The van der Waals surface area contributed by atoms with Gasteiger partial charge >= 0.3 is 0 Å². The largest absolute Gasteiger partial charge is 0.492 e. The van der Waals surface area contributed by atoms with E-state index in [-0.39, 0.29) is 24.7 Å². The predicted molar refractivity (Wildman–Crippen MR) is 127 cm³/mol. The highest BCUT2D eigenvalue weighted by Gasteiger charge is 2.17. The number of sulfone groups is 1. The molecule has 1 amide bonds. The first-order valence-electron chi connectivity index (χ1n) is 10.1. The van der Waals surface area contributed by atoms with Crippen molar-refractivity contribution in [1.82, 2.24) is 9.78 Å². The summed E-state index contributed by atoms with van der Waals surface area (Å²) in [6.45, 7) is 5.79. The van der Waals surface area contributed by atoms with E-state index in [2.05, 4.69) is 10.4 Å². The molecule has 0 unspecified atom stereocenters. The number of benzene rings is 2. The number of nitrogens with zero attached hydrogens (tertiary/aromatic N) is 2. The summed E-state index contributed by atoms with van der Waals surface area (Å²) < 4.78 is 29.7. The van der Waals surface area contributed by atoms with Gasteiger partial charge in [-0.25, -0.2) is 13.1 Å². The van der Waals surface area contributed by atoms with Gasteiger partial charge in [-0.1, -0.05) is 23.7 Å². The lowest BCUT2D eigenvalue weighted by molar-refractivity contribution is -0.115. The fourth-order valence-corrected chi connectivity index (χ4v) is 3.80. The number of nitrogens with one attached hydrogen (secondary N) is 1. The number of halogens is 1. The summed E-state index contributed by atoms with van der Waals surface area (Å²) in [5.74, 6) is 0.229. The maximum atomic E-state index is 12.7. The number of aryl methyl sites for hydroxylation is 2. The van der Waals surface area contributed by atoms with E-state index in [1.54, 1.807) is 28.9 Å². The number of hydrogen-bond acceptors (Lipinski definition) is 5. The fourth-order valence-electron chi connectivity index (χ4n) is 3.24. The Morgan fingerprint density at radius 2 is 1.91 bits per heavy atom. The van der Waals surface area contributed by atoms with Crippen molar-refractivity contribution in [1.29, 1.82) is 0 Å². The molecule has 0 saturated heterocycles. The number of rotatable bonds is 8. The minimum absolute atomic E-state index is 0.0524. The van der Waals surface area contributed by atoms with Gasteiger partial charge in [0.25, 0.3) is 0 Å². The number of hydrogen-bond donors (Lipinski definition) is 1. The molecule has 1 heterocycles. The molecule has 32 heavy (non-hydrogen) atoms. The first-order valence-corrected chi connectivity index (χ1v) is 12.5. The topological polar surface area (TPSA) is 90.3 Å². The maximum Gasteiger partial charge on any atom is 0.228 e. The van der Waals surface area contributed by atoms with Crippen LogP contribution in [0.1, 0.15) is 22.5 Å². The van der Waals surface area contributed by atoms with Crippen LogP contribution in [0.4, 0.5) is 5.69 Å². The summed E-state index contributed by atoms with van der Waals surface area (Å²) in [5.41, 5.74) is 4.88. The highest BCUT2D eigenvalue weighted by molar-refractivity contribution is 7.90. The van der Waals surface area contributed by atoms with E-state index in [0.717, 1.165) is 34.5 Å². The summed E-state index contributed by atoms with van der Waals surface area (Å²) in [5, 5.41) is 8.11. The minimum Gasteiger partial charge on any atom is -0.492 e. The molecule has 1 aromatic heterocycles. The number of carbonyl (C=O) groups excluding carboxylic acids is 1. The molecule has 0 fully saturated rings. The van der Waals surface area contributed by atoms with Gasteiger partial charge < -0.3 is 10.1 Å². The summed E-state index contributed by atoms with van der Waals surface area (Å²) in [6, 6.07) is 12.6. The molecule has 3 rings (SSSR count). The van der Waals surface area contributed by atoms with Crippen molar-refractivity contribution in [2.75, 3.05) is 23.9 Å². The molecule has 0 aliphatic heterocycles. The molecule has 1 N–H and O–H groups in total. The lowest BCUT2D eigenvalue weighted by atomic mass is 10.1. The molecule has 0 radical (unpaired) electrons. The van der Waals surface area contributed by atoms with Gasteiger partial charge in [-0.05, 0) is 50.6 Å². The van der Waals surface area contributed by atoms with Gasteiger partial charge in [-0.15, -0.1) is 0 Å². The van der Waals surface area contributed by atoms with E-state index in [1.807, 2.05) is 39.0 Å². The minimum atomic E-state index is -3.10. The molecule has 7 nitrogen and oxygen atoms in total. The van der Waals surface area contributed by atoms with Gasteiger partial charge in [0.15, 0.2) is 9.84 Å². The van der Waals surface area contributed by atoms with Crippen LogP contribution in [0.15, 0.2) is 42.5 Å². The molecule has 170 valence electrons. The standard InChI is InChI=1S/C23H26ClN3O4S/c1-15-8-9-19(13-22(15)24)27-17(3)21(16(2)26-27)14-23(28)25-18-6-5-7-20(12-18)31-10-11-32(4,29)30/h5-9,12-13H,10-11,14H2,1-4H3,(H,25,28). The Morgan fingerprint density at radius 1 is 1.16 bits per heavy atom. The summed E-state index contributed by atoms with van der Waals surface area (Å²) in [6.07, 6.45) is 1.32. The van der Waals surface area contributed by atoms with Crippen LogP contribution < -0.4 is 10.1 Å². The molecule has 3 aromatic rings. The van der Waals surface area contributed by atoms with Crippen molar-refractivity contribution in [3.8, 4) is 11.4 Å². The quantitative estimate of drug-likeness (QED) is 0.530. The van der Waals surface area contributed by atoms with E-state index in [1.165, 1.54) is 0 Å². The highest BCUT2D eigenvalue weighted by Crippen LogP contribution is 2.24. The van der Waals surface area contributed by atoms with Crippen LogP contribution in [-0.2, 0) is 21.1 Å². The van der Waals surface area contributed by atoms with Gasteiger partial charge in [0.2, 0.25) is 5.91 Å². The maximum absolute atomic E-state index is 12.7. The molecule has 0 bridgehead atoms. The Labute approximate surface area is 193 Å². The molecule has 0 spiro atoms. The van der Waals surface area contributed by atoms with Gasteiger partial charge in [0, 0.05) is 34.3 Å². The van der Waals surface area contributed by atoms with Gasteiger partial charge in [-0.2, -0.15) is 5.10 Å². The molecule has 0 aliphatic carbocycles. The Kier molecular flexibility index (Phi) is 7.26. The lowest BCUT2D eigenvalue weighted by Crippen LogP contribution is -2.16. The van der Waals surface area contributed by atoms with Gasteiger partial charge in [-0.3, -0.25) is 4.79 Å². The molecule has 0 atom stereocenters. The van der Waals surface area contributed by atoms with Crippen molar-refractivity contribution in [3.05, 3.63) is 70.0 Å². The zero-order valence-corrected chi connectivity index (χ0v) is 20.0. The number of amides is 1. The molecular formula is C23H26ClN3O4S. The third-order valence-corrected chi connectivity index (χ3v) is 6.33.